The molecule has 0 aliphatic carbocycles. The Morgan fingerprint density at radius 3 is 2.52 bits per heavy atom. The SMILES string of the molecule is C[C@H](NC(=O)CCN1C(=O)C[C@@](C)(c2ccccc2)C1=O)c1nc2ccccc2n1C. The minimum Gasteiger partial charge on any atom is -0.346 e. The smallest absolute Gasteiger partial charge is 0.240 e. The number of benzene rings is 2. The molecule has 160 valence electrons. The summed E-state index contributed by atoms with van der Waals surface area (Å²) < 4.78 is 1.96. The topological polar surface area (TPSA) is 84.3 Å². The van der Waals surface area contributed by atoms with E-state index in [1.807, 2.05) is 73.1 Å². The van der Waals surface area contributed by atoms with E-state index in [2.05, 4.69) is 10.3 Å². The summed E-state index contributed by atoms with van der Waals surface area (Å²) in [5.74, 6) is 0.0282. The zero-order valence-electron chi connectivity index (χ0n) is 18.0. The number of para-hydroxylation sites is 2. The minimum absolute atomic E-state index is 0.0522. The summed E-state index contributed by atoms with van der Waals surface area (Å²) in [5, 5.41) is 2.93. The number of fused-ring (bicyclic) bond motifs is 1. The number of aromatic nitrogens is 2. The quantitative estimate of drug-likeness (QED) is 0.624. The van der Waals surface area contributed by atoms with Crippen LogP contribution in [0, 0.1) is 0 Å². The summed E-state index contributed by atoms with van der Waals surface area (Å²) in [4.78, 5) is 43.9. The van der Waals surface area contributed by atoms with Gasteiger partial charge in [-0.15, -0.1) is 0 Å². The molecule has 0 bridgehead atoms. The van der Waals surface area contributed by atoms with Gasteiger partial charge in [0.25, 0.3) is 0 Å². The number of rotatable bonds is 6. The van der Waals surface area contributed by atoms with Crippen LogP contribution in [0.3, 0.4) is 0 Å². The maximum absolute atomic E-state index is 13.0. The van der Waals surface area contributed by atoms with Gasteiger partial charge in [-0.2, -0.15) is 0 Å². The van der Waals surface area contributed by atoms with Crippen molar-refractivity contribution >= 4 is 28.8 Å². The molecule has 0 saturated carbocycles. The highest BCUT2D eigenvalue weighted by Crippen LogP contribution is 2.36. The highest BCUT2D eigenvalue weighted by atomic mass is 16.2. The van der Waals surface area contributed by atoms with Crippen molar-refractivity contribution in [2.45, 2.75) is 38.1 Å². The predicted molar refractivity (Wildman–Crippen MR) is 117 cm³/mol. The molecule has 1 fully saturated rings. The van der Waals surface area contributed by atoms with Crippen molar-refractivity contribution in [3.05, 3.63) is 66.0 Å². The summed E-state index contributed by atoms with van der Waals surface area (Å²) in [6.07, 6.45) is 0.171. The van der Waals surface area contributed by atoms with Gasteiger partial charge < -0.3 is 9.88 Å². The first-order valence-electron chi connectivity index (χ1n) is 10.4. The van der Waals surface area contributed by atoms with E-state index in [0.717, 1.165) is 22.4 Å². The third kappa shape index (κ3) is 3.71. The van der Waals surface area contributed by atoms with Gasteiger partial charge in [-0.05, 0) is 31.5 Å². The molecule has 31 heavy (non-hydrogen) atoms. The van der Waals surface area contributed by atoms with Crippen LogP contribution in [-0.2, 0) is 26.8 Å². The largest absolute Gasteiger partial charge is 0.346 e. The Bertz CT molecular complexity index is 1150. The van der Waals surface area contributed by atoms with Gasteiger partial charge in [0, 0.05) is 26.4 Å². The Kier molecular flexibility index (Phi) is 5.35. The summed E-state index contributed by atoms with van der Waals surface area (Å²) in [6, 6.07) is 16.8. The van der Waals surface area contributed by atoms with Gasteiger partial charge in [-0.1, -0.05) is 42.5 Å². The van der Waals surface area contributed by atoms with Gasteiger partial charge in [-0.25, -0.2) is 4.98 Å². The minimum atomic E-state index is -0.880. The van der Waals surface area contributed by atoms with Crippen LogP contribution in [0.4, 0.5) is 0 Å². The number of hydrogen-bond donors (Lipinski definition) is 1. The number of carbonyl (C=O) groups is 3. The lowest BCUT2D eigenvalue weighted by molar-refractivity contribution is -0.140. The van der Waals surface area contributed by atoms with Crippen LogP contribution in [0.5, 0.6) is 0 Å². The molecule has 3 amide bonds. The number of aryl methyl sites for hydroxylation is 1. The average molecular weight is 418 g/mol. The fourth-order valence-electron chi connectivity index (χ4n) is 4.29. The zero-order valence-corrected chi connectivity index (χ0v) is 18.0. The molecular weight excluding hydrogens is 392 g/mol. The van der Waals surface area contributed by atoms with Gasteiger partial charge in [0.1, 0.15) is 5.82 Å². The second-order valence-electron chi connectivity index (χ2n) is 8.28. The number of imidazole rings is 1. The lowest BCUT2D eigenvalue weighted by Gasteiger charge is -2.22. The highest BCUT2D eigenvalue weighted by molar-refractivity contribution is 6.09. The van der Waals surface area contributed by atoms with Crippen molar-refractivity contribution in [2.24, 2.45) is 7.05 Å². The van der Waals surface area contributed by atoms with Crippen molar-refractivity contribution in [2.75, 3.05) is 6.54 Å². The van der Waals surface area contributed by atoms with Crippen molar-refractivity contribution in [3.63, 3.8) is 0 Å². The first-order valence-corrected chi connectivity index (χ1v) is 10.4. The Hall–Kier alpha value is -3.48. The molecule has 1 aromatic heterocycles. The van der Waals surface area contributed by atoms with Gasteiger partial charge in [0.15, 0.2) is 0 Å². The van der Waals surface area contributed by atoms with Gasteiger partial charge >= 0.3 is 0 Å². The maximum atomic E-state index is 13.0. The third-order valence-corrected chi connectivity index (χ3v) is 6.08. The van der Waals surface area contributed by atoms with Gasteiger partial charge in [-0.3, -0.25) is 19.3 Å². The van der Waals surface area contributed by atoms with E-state index < -0.39 is 5.41 Å². The highest BCUT2D eigenvalue weighted by Gasteiger charge is 2.49. The number of carbonyl (C=O) groups excluding carboxylic acids is 3. The van der Waals surface area contributed by atoms with Gasteiger partial charge in [0.2, 0.25) is 17.7 Å². The number of likely N-dealkylation sites (tertiary alicyclic amines) is 1. The molecule has 1 saturated heterocycles. The zero-order chi connectivity index (χ0) is 22.2. The lowest BCUT2D eigenvalue weighted by atomic mass is 9.81. The maximum Gasteiger partial charge on any atom is 0.240 e. The summed E-state index contributed by atoms with van der Waals surface area (Å²) >= 11 is 0. The number of nitrogens with zero attached hydrogens (tertiary/aromatic N) is 3. The number of hydrogen-bond acceptors (Lipinski definition) is 4. The number of nitrogens with one attached hydrogen (secondary N) is 1. The molecule has 1 aliphatic heterocycles. The lowest BCUT2D eigenvalue weighted by Crippen LogP contribution is -2.39. The Labute approximate surface area is 181 Å². The third-order valence-electron chi connectivity index (χ3n) is 6.08. The molecule has 7 heteroatoms. The van der Waals surface area contributed by atoms with E-state index in [-0.39, 0.29) is 43.1 Å². The molecule has 2 aromatic carbocycles. The standard InChI is InChI=1S/C24H26N4O3/c1-16(22-26-18-11-7-8-12-19(18)27(22)3)25-20(29)13-14-28-21(30)15-24(2,23(28)31)17-9-5-4-6-10-17/h4-12,16H,13-15H2,1-3H3,(H,25,29)/t16-,24-/m0/s1. The first kappa shape index (κ1) is 20.8. The number of amides is 3. The Morgan fingerprint density at radius 1 is 1.13 bits per heavy atom. The fraction of sp³-hybridized carbons (Fsp3) is 0.333. The van der Waals surface area contributed by atoms with Crippen LogP contribution in [0.25, 0.3) is 11.0 Å². The van der Waals surface area contributed by atoms with Crippen LogP contribution < -0.4 is 5.32 Å². The van der Waals surface area contributed by atoms with Crippen LogP contribution >= 0.6 is 0 Å². The molecule has 0 radical (unpaired) electrons. The summed E-state index contributed by atoms with van der Waals surface area (Å²) in [7, 11) is 1.92. The molecule has 1 N–H and O–H groups in total. The number of imide groups is 1. The van der Waals surface area contributed by atoms with Crippen molar-refractivity contribution in [1.29, 1.82) is 0 Å². The van der Waals surface area contributed by atoms with E-state index >= 15 is 0 Å². The molecule has 3 aromatic rings. The molecule has 2 heterocycles. The molecular formula is C24H26N4O3. The first-order chi connectivity index (χ1) is 14.8. The summed E-state index contributed by atoms with van der Waals surface area (Å²) in [5.41, 5.74) is 1.80. The molecule has 0 spiro atoms. The fourth-order valence-corrected chi connectivity index (χ4v) is 4.29. The Balaban J connectivity index is 1.40. The van der Waals surface area contributed by atoms with E-state index in [4.69, 9.17) is 0 Å². The monoisotopic (exact) mass is 418 g/mol. The normalized spacial score (nSPS) is 19.8. The molecule has 4 rings (SSSR count). The van der Waals surface area contributed by atoms with Crippen molar-refractivity contribution in [3.8, 4) is 0 Å². The van der Waals surface area contributed by atoms with Crippen molar-refractivity contribution < 1.29 is 14.4 Å². The molecule has 1 aliphatic rings. The molecule has 2 atom stereocenters. The Morgan fingerprint density at radius 2 is 1.81 bits per heavy atom. The van der Waals surface area contributed by atoms with Crippen LogP contribution in [0.15, 0.2) is 54.6 Å². The van der Waals surface area contributed by atoms with E-state index in [0.29, 0.717) is 0 Å². The second-order valence-corrected chi connectivity index (χ2v) is 8.28. The average Bonchev–Trinajstić information content (AvgIpc) is 3.21. The molecule has 7 nitrogen and oxygen atoms in total. The van der Waals surface area contributed by atoms with Crippen LogP contribution in [-0.4, -0.2) is 38.7 Å². The van der Waals surface area contributed by atoms with E-state index in [9.17, 15) is 14.4 Å². The van der Waals surface area contributed by atoms with Crippen LogP contribution in [0.2, 0.25) is 0 Å². The molecule has 0 unspecified atom stereocenters. The second kappa shape index (κ2) is 7.98. The predicted octanol–water partition coefficient (Wildman–Crippen LogP) is 2.86. The summed E-state index contributed by atoms with van der Waals surface area (Å²) in [6.45, 7) is 3.73. The van der Waals surface area contributed by atoms with E-state index in [1.165, 1.54) is 4.90 Å². The van der Waals surface area contributed by atoms with Gasteiger partial charge in [0.05, 0.1) is 22.5 Å². The van der Waals surface area contributed by atoms with Crippen LogP contribution in [0.1, 0.15) is 44.1 Å². The van der Waals surface area contributed by atoms with E-state index in [1.54, 1.807) is 6.92 Å². The van der Waals surface area contributed by atoms with Crippen molar-refractivity contribution in [1.82, 2.24) is 19.8 Å².